The van der Waals surface area contributed by atoms with E-state index in [0.29, 0.717) is 12.2 Å². The van der Waals surface area contributed by atoms with Gasteiger partial charge in [-0.25, -0.2) is 14.5 Å². The van der Waals surface area contributed by atoms with Crippen molar-refractivity contribution in [3.05, 3.63) is 29.6 Å². The maximum absolute atomic E-state index is 10.9. The largest absolute Gasteiger partial charge is 0.476 e. The highest BCUT2D eigenvalue weighted by Crippen LogP contribution is 2.08. The second-order valence-electron chi connectivity index (χ2n) is 4.06. The van der Waals surface area contributed by atoms with Gasteiger partial charge >= 0.3 is 5.97 Å². The Morgan fingerprint density at radius 2 is 2.28 bits per heavy atom. The molecule has 0 aliphatic heterocycles. The Kier molecular flexibility index (Phi) is 3.40. The Morgan fingerprint density at radius 3 is 2.89 bits per heavy atom. The van der Waals surface area contributed by atoms with Crippen molar-refractivity contribution in [3.63, 3.8) is 0 Å². The number of rotatable bonds is 5. The number of carbonyl (C=O) groups is 1. The number of aromatic carboxylic acids is 1. The molecule has 0 radical (unpaired) electrons. The molecule has 1 N–H and O–H groups in total. The second kappa shape index (κ2) is 4.99. The second-order valence-corrected chi connectivity index (χ2v) is 4.06. The molecule has 0 amide bonds. The van der Waals surface area contributed by atoms with Crippen LogP contribution in [0, 0.1) is 6.92 Å². The summed E-state index contributed by atoms with van der Waals surface area (Å²) in [6.45, 7) is 5.15. The third kappa shape index (κ3) is 2.24. The molecule has 2 aromatic rings. The Balaban J connectivity index is 2.23. The average molecular weight is 249 g/mol. The molecule has 0 spiro atoms. The minimum absolute atomic E-state index is 0.00319. The summed E-state index contributed by atoms with van der Waals surface area (Å²) in [5.74, 6) is -1.05. The summed E-state index contributed by atoms with van der Waals surface area (Å²) in [5.41, 5.74) is 1.53. The molecule has 0 aliphatic carbocycles. The molecule has 0 aliphatic rings. The van der Waals surface area contributed by atoms with Gasteiger partial charge in [-0.3, -0.25) is 0 Å². The van der Waals surface area contributed by atoms with Gasteiger partial charge in [0.2, 0.25) is 0 Å². The monoisotopic (exact) mass is 249 g/mol. The van der Waals surface area contributed by atoms with Crippen LogP contribution in [0.25, 0.3) is 0 Å². The van der Waals surface area contributed by atoms with Crippen LogP contribution >= 0.6 is 0 Å². The molecule has 2 aromatic heterocycles. The maximum Gasteiger partial charge on any atom is 0.358 e. The molecule has 96 valence electrons. The number of hydrogen-bond acceptors (Lipinski definition) is 4. The van der Waals surface area contributed by atoms with Crippen LogP contribution in [0.1, 0.15) is 35.2 Å². The lowest BCUT2D eigenvalue weighted by Crippen LogP contribution is -2.10. The van der Waals surface area contributed by atoms with E-state index in [-0.39, 0.29) is 5.69 Å². The molecule has 0 atom stereocenters. The van der Waals surface area contributed by atoms with E-state index in [2.05, 4.69) is 22.2 Å². The molecule has 0 saturated carbocycles. The predicted molar refractivity (Wildman–Crippen MR) is 63.3 cm³/mol. The summed E-state index contributed by atoms with van der Waals surface area (Å²) in [4.78, 5) is 15.0. The molecule has 0 bridgehead atoms. The van der Waals surface area contributed by atoms with E-state index in [9.17, 15) is 4.79 Å². The fourth-order valence-corrected chi connectivity index (χ4v) is 1.78. The summed E-state index contributed by atoms with van der Waals surface area (Å²) < 4.78 is 3.61. The van der Waals surface area contributed by atoms with Gasteiger partial charge in [0.05, 0.1) is 30.5 Å². The van der Waals surface area contributed by atoms with Crippen molar-refractivity contribution in [1.29, 1.82) is 0 Å². The van der Waals surface area contributed by atoms with Gasteiger partial charge < -0.3 is 9.67 Å². The van der Waals surface area contributed by atoms with Gasteiger partial charge in [-0.2, -0.15) is 0 Å². The molecule has 0 unspecified atom stereocenters. The predicted octanol–water partition coefficient (Wildman–Crippen LogP) is 0.940. The van der Waals surface area contributed by atoms with E-state index in [1.54, 1.807) is 24.1 Å². The van der Waals surface area contributed by atoms with Gasteiger partial charge in [0.25, 0.3) is 0 Å². The highest BCUT2D eigenvalue weighted by molar-refractivity contribution is 5.86. The fraction of sp³-hybridized carbons (Fsp3) is 0.455. The first kappa shape index (κ1) is 12.3. The van der Waals surface area contributed by atoms with Crippen LogP contribution in [0.4, 0.5) is 0 Å². The lowest BCUT2D eigenvalue weighted by Gasteiger charge is -2.07. The van der Waals surface area contributed by atoms with Crippen LogP contribution < -0.4 is 0 Å². The molecule has 0 fully saturated rings. The van der Waals surface area contributed by atoms with E-state index in [0.717, 1.165) is 18.7 Å². The zero-order valence-corrected chi connectivity index (χ0v) is 10.4. The number of carboxylic acids is 1. The quantitative estimate of drug-likeness (QED) is 0.852. The SMILES string of the molecule is CCCn1cncc1Cn1nnc(C(=O)O)c1C. The van der Waals surface area contributed by atoms with Crippen molar-refractivity contribution >= 4 is 5.97 Å². The first-order valence-corrected chi connectivity index (χ1v) is 5.75. The van der Waals surface area contributed by atoms with Crippen molar-refractivity contribution in [2.75, 3.05) is 0 Å². The Bertz CT molecular complexity index is 558. The number of aryl methyl sites for hydroxylation is 1. The number of aromatic nitrogens is 5. The highest BCUT2D eigenvalue weighted by Gasteiger charge is 2.15. The Labute approximate surface area is 104 Å². The third-order valence-corrected chi connectivity index (χ3v) is 2.76. The van der Waals surface area contributed by atoms with Crippen LogP contribution in [0.2, 0.25) is 0 Å². The first-order valence-electron chi connectivity index (χ1n) is 5.75. The summed E-state index contributed by atoms with van der Waals surface area (Å²) in [5, 5.41) is 16.4. The number of imidazole rings is 1. The lowest BCUT2D eigenvalue weighted by atomic mass is 10.3. The van der Waals surface area contributed by atoms with Gasteiger partial charge in [-0.05, 0) is 13.3 Å². The smallest absolute Gasteiger partial charge is 0.358 e. The lowest BCUT2D eigenvalue weighted by molar-refractivity contribution is 0.0689. The van der Waals surface area contributed by atoms with Crippen LogP contribution in [0.3, 0.4) is 0 Å². The number of hydrogen-bond donors (Lipinski definition) is 1. The van der Waals surface area contributed by atoms with Crippen LogP contribution in [0.15, 0.2) is 12.5 Å². The van der Waals surface area contributed by atoms with Crippen LogP contribution in [-0.4, -0.2) is 35.6 Å². The molecule has 2 rings (SSSR count). The minimum atomic E-state index is -1.05. The van der Waals surface area contributed by atoms with Crippen LogP contribution in [-0.2, 0) is 13.1 Å². The van der Waals surface area contributed by atoms with Crippen molar-refractivity contribution in [2.24, 2.45) is 0 Å². The number of nitrogens with zero attached hydrogens (tertiary/aromatic N) is 5. The molecule has 0 saturated heterocycles. The van der Waals surface area contributed by atoms with E-state index in [1.165, 1.54) is 0 Å². The fourth-order valence-electron chi connectivity index (χ4n) is 1.78. The standard InChI is InChI=1S/C11H15N5O2/c1-3-4-15-7-12-5-9(15)6-16-8(2)10(11(17)18)13-14-16/h5,7H,3-4,6H2,1-2H3,(H,17,18). The van der Waals surface area contributed by atoms with Gasteiger partial charge in [0.15, 0.2) is 5.69 Å². The van der Waals surface area contributed by atoms with Crippen molar-refractivity contribution in [2.45, 2.75) is 33.4 Å². The topological polar surface area (TPSA) is 85.8 Å². The normalized spacial score (nSPS) is 10.8. The molecule has 0 aromatic carbocycles. The maximum atomic E-state index is 10.9. The van der Waals surface area contributed by atoms with Crippen molar-refractivity contribution < 1.29 is 9.90 Å². The highest BCUT2D eigenvalue weighted by atomic mass is 16.4. The van der Waals surface area contributed by atoms with Crippen molar-refractivity contribution in [3.8, 4) is 0 Å². The summed E-state index contributed by atoms with van der Waals surface area (Å²) in [6.07, 6.45) is 4.54. The first-order chi connectivity index (χ1) is 8.63. The minimum Gasteiger partial charge on any atom is -0.476 e. The number of carboxylic acid groups (broad SMARTS) is 1. The zero-order valence-electron chi connectivity index (χ0n) is 10.4. The van der Waals surface area contributed by atoms with E-state index >= 15 is 0 Å². The zero-order chi connectivity index (χ0) is 13.1. The van der Waals surface area contributed by atoms with Gasteiger partial charge in [-0.1, -0.05) is 12.1 Å². The average Bonchev–Trinajstić information content (AvgIpc) is 2.89. The molecular weight excluding hydrogens is 234 g/mol. The van der Waals surface area contributed by atoms with E-state index < -0.39 is 5.97 Å². The van der Waals surface area contributed by atoms with Gasteiger partial charge in [0.1, 0.15) is 0 Å². The molecule has 2 heterocycles. The van der Waals surface area contributed by atoms with Gasteiger partial charge in [0, 0.05) is 6.54 Å². The summed E-state index contributed by atoms with van der Waals surface area (Å²) in [6, 6.07) is 0. The van der Waals surface area contributed by atoms with Gasteiger partial charge in [-0.15, -0.1) is 5.10 Å². The Hall–Kier alpha value is -2.18. The third-order valence-electron chi connectivity index (χ3n) is 2.76. The summed E-state index contributed by atoms with van der Waals surface area (Å²) in [7, 11) is 0. The molecule has 7 heteroatoms. The summed E-state index contributed by atoms with van der Waals surface area (Å²) >= 11 is 0. The molecular formula is C11H15N5O2. The Morgan fingerprint density at radius 1 is 1.50 bits per heavy atom. The van der Waals surface area contributed by atoms with Crippen LogP contribution in [0.5, 0.6) is 0 Å². The van der Waals surface area contributed by atoms with Crippen molar-refractivity contribution in [1.82, 2.24) is 24.5 Å². The molecule has 7 nitrogen and oxygen atoms in total. The van der Waals surface area contributed by atoms with E-state index in [1.807, 2.05) is 4.57 Å². The van der Waals surface area contributed by atoms with E-state index in [4.69, 9.17) is 5.11 Å². The molecule has 18 heavy (non-hydrogen) atoms.